The van der Waals surface area contributed by atoms with Crippen molar-refractivity contribution >= 4 is 18.0 Å². The van der Waals surface area contributed by atoms with Gasteiger partial charge in [-0.05, 0) is 61.3 Å². The van der Waals surface area contributed by atoms with Gasteiger partial charge in [0.25, 0.3) is 0 Å². The van der Waals surface area contributed by atoms with Gasteiger partial charge in [-0.1, -0.05) is 55.0 Å². The molecule has 0 spiro atoms. The summed E-state index contributed by atoms with van der Waals surface area (Å²) in [4.78, 5) is 39.3. The second-order valence-electron chi connectivity index (χ2n) is 10.2. The number of carbonyl (C=O) groups is 3. The predicted octanol–water partition coefficient (Wildman–Crippen LogP) is 4.55. The summed E-state index contributed by atoms with van der Waals surface area (Å²) < 4.78 is 5.68. The molecule has 2 amide bonds. The van der Waals surface area contributed by atoms with Crippen molar-refractivity contribution in [2.45, 2.75) is 62.9 Å². The van der Waals surface area contributed by atoms with E-state index in [0.717, 1.165) is 24.0 Å². The van der Waals surface area contributed by atoms with Crippen LogP contribution >= 0.6 is 0 Å². The van der Waals surface area contributed by atoms with Crippen molar-refractivity contribution in [1.82, 2.24) is 10.2 Å². The molecule has 2 N–H and O–H groups in total. The van der Waals surface area contributed by atoms with Crippen LogP contribution < -0.4 is 5.32 Å². The van der Waals surface area contributed by atoms with Crippen molar-refractivity contribution < 1.29 is 24.2 Å². The molecular formula is C28H32N2O5. The minimum atomic E-state index is -1.13. The zero-order valence-corrected chi connectivity index (χ0v) is 20.0. The summed E-state index contributed by atoms with van der Waals surface area (Å²) in [6.45, 7) is 2.36. The number of hydrogen-bond donors (Lipinski definition) is 2. The molecule has 2 fully saturated rings. The molecule has 2 aliphatic carbocycles. The van der Waals surface area contributed by atoms with E-state index in [4.69, 9.17) is 4.74 Å². The number of amides is 2. The van der Waals surface area contributed by atoms with E-state index < -0.39 is 17.6 Å². The Hall–Kier alpha value is -3.35. The molecular weight excluding hydrogens is 444 g/mol. The Bertz CT molecular complexity index is 1100. The van der Waals surface area contributed by atoms with Crippen LogP contribution in [0.15, 0.2) is 48.5 Å². The fourth-order valence-electron chi connectivity index (χ4n) is 6.11. The molecule has 2 aromatic carbocycles. The SMILES string of the molecule is C[C@@]1(C(=O)O)CCCN1C(=O)[C@@H]1CCC[C@@H](NC(=O)OCC2c3ccccc3-c3ccccc32)C1. The number of ether oxygens (including phenoxy) is 1. The van der Waals surface area contributed by atoms with Crippen LogP contribution in [0.2, 0.25) is 0 Å². The molecule has 2 aromatic rings. The van der Waals surface area contributed by atoms with Crippen LogP contribution in [-0.2, 0) is 14.3 Å². The van der Waals surface area contributed by atoms with Crippen molar-refractivity contribution in [1.29, 1.82) is 0 Å². The summed E-state index contributed by atoms with van der Waals surface area (Å²) in [6, 6.07) is 16.3. The lowest BCUT2D eigenvalue weighted by Gasteiger charge is -2.36. The van der Waals surface area contributed by atoms with Crippen molar-refractivity contribution in [2.24, 2.45) is 5.92 Å². The van der Waals surface area contributed by atoms with E-state index in [1.54, 1.807) is 6.92 Å². The van der Waals surface area contributed by atoms with Crippen molar-refractivity contribution in [3.8, 4) is 11.1 Å². The van der Waals surface area contributed by atoms with Crippen LogP contribution in [0, 0.1) is 5.92 Å². The topological polar surface area (TPSA) is 95.9 Å². The summed E-state index contributed by atoms with van der Waals surface area (Å²) in [6.07, 6.45) is 3.52. The Morgan fingerprint density at radius 3 is 2.34 bits per heavy atom. The minimum Gasteiger partial charge on any atom is -0.480 e. The van der Waals surface area contributed by atoms with Gasteiger partial charge < -0.3 is 20.1 Å². The molecule has 3 atom stereocenters. The third-order valence-corrected chi connectivity index (χ3v) is 8.06. The Morgan fingerprint density at radius 2 is 1.69 bits per heavy atom. The smallest absolute Gasteiger partial charge is 0.407 e. The van der Waals surface area contributed by atoms with Crippen LogP contribution in [0.4, 0.5) is 4.79 Å². The molecule has 1 saturated heterocycles. The third-order valence-electron chi connectivity index (χ3n) is 8.06. The van der Waals surface area contributed by atoms with E-state index in [0.29, 0.717) is 32.2 Å². The van der Waals surface area contributed by atoms with Gasteiger partial charge in [-0.2, -0.15) is 0 Å². The summed E-state index contributed by atoms with van der Waals surface area (Å²) in [7, 11) is 0. The largest absolute Gasteiger partial charge is 0.480 e. The predicted molar refractivity (Wildman–Crippen MR) is 131 cm³/mol. The van der Waals surface area contributed by atoms with Crippen LogP contribution in [-0.4, -0.2) is 52.7 Å². The molecule has 1 heterocycles. The van der Waals surface area contributed by atoms with E-state index in [1.165, 1.54) is 16.0 Å². The van der Waals surface area contributed by atoms with Gasteiger partial charge in [-0.3, -0.25) is 4.79 Å². The van der Waals surface area contributed by atoms with Gasteiger partial charge in [-0.25, -0.2) is 9.59 Å². The van der Waals surface area contributed by atoms with Crippen LogP contribution in [0.3, 0.4) is 0 Å². The monoisotopic (exact) mass is 476 g/mol. The van der Waals surface area contributed by atoms with Gasteiger partial charge in [0.2, 0.25) is 5.91 Å². The second kappa shape index (κ2) is 9.36. The first kappa shape index (κ1) is 23.4. The van der Waals surface area contributed by atoms with Crippen LogP contribution in [0.5, 0.6) is 0 Å². The number of rotatable bonds is 5. The average molecular weight is 477 g/mol. The molecule has 3 aliphatic rings. The Labute approximate surface area is 205 Å². The van der Waals surface area contributed by atoms with E-state index in [1.807, 2.05) is 24.3 Å². The van der Waals surface area contributed by atoms with Crippen LogP contribution in [0.1, 0.15) is 62.5 Å². The van der Waals surface area contributed by atoms with Gasteiger partial charge in [-0.15, -0.1) is 0 Å². The number of benzene rings is 2. The number of alkyl carbamates (subject to hydrolysis) is 1. The molecule has 35 heavy (non-hydrogen) atoms. The lowest BCUT2D eigenvalue weighted by atomic mass is 9.84. The number of likely N-dealkylation sites (tertiary alicyclic amines) is 1. The Morgan fingerprint density at radius 1 is 1.03 bits per heavy atom. The summed E-state index contributed by atoms with van der Waals surface area (Å²) in [5, 5.41) is 12.6. The number of carboxylic acids is 1. The third kappa shape index (κ3) is 4.28. The zero-order chi connectivity index (χ0) is 24.6. The molecule has 0 aromatic heterocycles. The normalized spacial score (nSPS) is 25.6. The molecule has 0 bridgehead atoms. The molecule has 0 radical (unpaired) electrons. The Balaban J connectivity index is 1.19. The highest BCUT2D eigenvalue weighted by Crippen LogP contribution is 2.44. The number of fused-ring (bicyclic) bond motifs is 3. The van der Waals surface area contributed by atoms with Gasteiger partial charge in [0.05, 0.1) is 0 Å². The number of carbonyl (C=O) groups excluding carboxylic acids is 2. The fraction of sp³-hybridized carbons (Fsp3) is 0.464. The summed E-state index contributed by atoms with van der Waals surface area (Å²) in [5.74, 6) is -1.34. The Kier molecular flexibility index (Phi) is 6.26. The molecule has 7 heteroatoms. The molecule has 1 saturated carbocycles. The van der Waals surface area contributed by atoms with E-state index in [9.17, 15) is 19.5 Å². The van der Waals surface area contributed by atoms with Crippen molar-refractivity contribution in [3.63, 3.8) is 0 Å². The van der Waals surface area contributed by atoms with E-state index in [-0.39, 0.29) is 30.4 Å². The fourth-order valence-corrected chi connectivity index (χ4v) is 6.11. The highest BCUT2D eigenvalue weighted by Gasteiger charge is 2.47. The van der Waals surface area contributed by atoms with Crippen LogP contribution in [0.25, 0.3) is 11.1 Å². The van der Waals surface area contributed by atoms with E-state index in [2.05, 4.69) is 29.6 Å². The zero-order valence-electron chi connectivity index (χ0n) is 20.0. The molecule has 0 unspecified atom stereocenters. The molecule has 5 rings (SSSR count). The standard InChI is InChI=1S/C28H32N2O5/c1-28(26(32)33)14-7-15-30(28)25(31)18-8-6-9-19(16-18)29-27(34)35-17-24-22-12-4-2-10-20(22)21-11-3-5-13-23(21)24/h2-5,10-13,18-19,24H,6-9,14-17H2,1H3,(H,29,34)(H,32,33)/t18-,19-,28+/m1/s1. The van der Waals surface area contributed by atoms with Crippen molar-refractivity contribution in [3.05, 3.63) is 59.7 Å². The highest BCUT2D eigenvalue weighted by atomic mass is 16.5. The van der Waals surface area contributed by atoms with E-state index >= 15 is 0 Å². The van der Waals surface area contributed by atoms with Gasteiger partial charge in [0, 0.05) is 24.4 Å². The number of nitrogens with one attached hydrogen (secondary N) is 1. The minimum absolute atomic E-state index is 0.00213. The number of carboxylic acid groups (broad SMARTS) is 1. The maximum Gasteiger partial charge on any atom is 0.407 e. The number of aliphatic carboxylic acids is 1. The first-order chi connectivity index (χ1) is 16.9. The van der Waals surface area contributed by atoms with Gasteiger partial charge in [0.1, 0.15) is 12.1 Å². The second-order valence-corrected chi connectivity index (χ2v) is 10.2. The maximum atomic E-state index is 13.2. The summed E-state index contributed by atoms with van der Waals surface area (Å²) >= 11 is 0. The highest BCUT2D eigenvalue weighted by molar-refractivity contribution is 5.88. The molecule has 7 nitrogen and oxygen atoms in total. The first-order valence-corrected chi connectivity index (χ1v) is 12.5. The first-order valence-electron chi connectivity index (χ1n) is 12.5. The number of hydrogen-bond acceptors (Lipinski definition) is 4. The summed E-state index contributed by atoms with van der Waals surface area (Å²) in [5.41, 5.74) is 3.56. The van der Waals surface area contributed by atoms with Gasteiger partial charge in [0.15, 0.2) is 0 Å². The lowest BCUT2D eigenvalue weighted by Crippen LogP contribution is -2.53. The average Bonchev–Trinajstić information content (AvgIpc) is 3.41. The number of nitrogens with zero attached hydrogens (tertiary/aromatic N) is 1. The molecule has 184 valence electrons. The van der Waals surface area contributed by atoms with Gasteiger partial charge >= 0.3 is 12.1 Å². The van der Waals surface area contributed by atoms with Crippen molar-refractivity contribution in [2.75, 3.05) is 13.2 Å². The molecule has 1 aliphatic heterocycles. The maximum absolute atomic E-state index is 13.2. The quantitative estimate of drug-likeness (QED) is 0.660. The lowest BCUT2D eigenvalue weighted by molar-refractivity contribution is -0.157.